The average Bonchev–Trinajstić information content (AvgIpc) is 2.97. The van der Waals surface area contributed by atoms with E-state index < -0.39 is 22.7 Å². The van der Waals surface area contributed by atoms with Gasteiger partial charge >= 0.3 is 6.18 Å². The number of ether oxygens (including phenoxy) is 1. The molecule has 0 atom stereocenters. The third kappa shape index (κ3) is 2.57. The van der Waals surface area contributed by atoms with Crippen LogP contribution in [0.25, 0.3) is 16.8 Å². The van der Waals surface area contributed by atoms with Crippen molar-refractivity contribution in [2.45, 2.75) is 6.18 Å². The smallest absolute Gasteiger partial charge is 0.434 e. The van der Waals surface area contributed by atoms with Gasteiger partial charge in [0, 0.05) is 29.3 Å². The number of hydrogen-bond acceptors (Lipinski definition) is 2. The van der Waals surface area contributed by atoms with Gasteiger partial charge in [0.05, 0.1) is 5.02 Å². The lowest BCUT2D eigenvalue weighted by Gasteiger charge is -2.06. The Labute approximate surface area is 138 Å². The van der Waals surface area contributed by atoms with Crippen molar-refractivity contribution >= 4 is 28.8 Å². The van der Waals surface area contributed by atoms with E-state index in [1.165, 1.54) is 11.6 Å². The largest absolute Gasteiger partial charge is 0.488 e. The topological polar surface area (TPSA) is 27.1 Å². The molecule has 3 rings (SSSR count). The van der Waals surface area contributed by atoms with Gasteiger partial charge in [0.1, 0.15) is 23.9 Å². The van der Waals surface area contributed by atoms with Crippen molar-refractivity contribution < 1.29 is 22.3 Å². The molecule has 0 N–H and O–H groups in total. The summed E-state index contributed by atoms with van der Waals surface area (Å²) in [6.07, 6.45) is -4.70. The van der Waals surface area contributed by atoms with Gasteiger partial charge in [0.2, 0.25) is 0 Å². The van der Waals surface area contributed by atoms with Crippen molar-refractivity contribution in [3.05, 3.63) is 39.8 Å². The molecule has 0 fully saturated rings. The molecule has 2 aromatic rings. The van der Waals surface area contributed by atoms with Crippen LogP contribution in [-0.4, -0.2) is 16.4 Å². The van der Waals surface area contributed by atoms with Crippen molar-refractivity contribution in [3.63, 3.8) is 0 Å². The van der Waals surface area contributed by atoms with Crippen LogP contribution >= 0.6 is 23.2 Å². The van der Waals surface area contributed by atoms with Gasteiger partial charge < -0.3 is 4.74 Å². The molecule has 0 unspecified atom stereocenters. The molecule has 0 saturated carbocycles. The van der Waals surface area contributed by atoms with E-state index in [4.69, 9.17) is 27.9 Å². The van der Waals surface area contributed by atoms with E-state index in [0.29, 0.717) is 21.6 Å². The van der Waals surface area contributed by atoms with Crippen molar-refractivity contribution in [2.24, 2.45) is 7.05 Å². The predicted octanol–water partition coefficient (Wildman–Crippen LogP) is 4.87. The first-order valence-electron chi connectivity index (χ1n) is 6.30. The molecule has 0 radical (unpaired) electrons. The third-order valence-electron chi connectivity index (χ3n) is 3.44. The van der Waals surface area contributed by atoms with Crippen LogP contribution in [0.3, 0.4) is 0 Å². The monoisotopic (exact) mass is 366 g/mol. The first-order chi connectivity index (χ1) is 10.7. The average molecular weight is 367 g/mol. The highest BCUT2D eigenvalue weighted by Crippen LogP contribution is 2.43. The molecular formula is C14H8Cl2F4N2O. The molecule has 1 aliphatic rings. The maximum Gasteiger partial charge on any atom is 0.434 e. The van der Waals surface area contributed by atoms with Crippen LogP contribution in [0.4, 0.5) is 17.6 Å². The summed E-state index contributed by atoms with van der Waals surface area (Å²) in [5.41, 5.74) is 0.681. The Balaban J connectivity index is 2.18. The normalized spacial score (nSPS) is 15.9. The maximum atomic E-state index is 14.3. The van der Waals surface area contributed by atoms with Crippen LogP contribution < -0.4 is 4.74 Å². The van der Waals surface area contributed by atoms with Crippen LogP contribution in [0, 0.1) is 5.82 Å². The standard InChI is InChI=1S/C14H8Cl2F4N2O/c1-22-13(14(18,19)20)11(16)12(21-22)8-3-10-7(2-9(8)17)6(4-15)5-23-10/h2-4H,5H2,1H3/b6-4-. The number of alkyl halides is 3. The SMILES string of the molecule is Cn1nc(-c2cc3c(cc2F)/C(=C\Cl)CO3)c(Cl)c1C(F)(F)F. The first kappa shape index (κ1) is 16.1. The third-order valence-corrected chi connectivity index (χ3v) is 4.06. The fourth-order valence-electron chi connectivity index (χ4n) is 2.41. The number of nitrogens with zero attached hydrogens (tertiary/aromatic N) is 2. The molecule has 9 heteroatoms. The van der Waals surface area contributed by atoms with Gasteiger partial charge in [-0.1, -0.05) is 23.2 Å². The lowest BCUT2D eigenvalue weighted by molar-refractivity contribution is -0.143. The van der Waals surface area contributed by atoms with E-state index in [9.17, 15) is 17.6 Å². The number of aryl methyl sites for hydroxylation is 1. The summed E-state index contributed by atoms with van der Waals surface area (Å²) in [6, 6.07) is 2.41. The van der Waals surface area contributed by atoms with E-state index in [-0.39, 0.29) is 17.9 Å². The Morgan fingerprint density at radius 3 is 2.57 bits per heavy atom. The summed E-state index contributed by atoms with van der Waals surface area (Å²) in [5.74, 6) is -0.456. The summed E-state index contributed by atoms with van der Waals surface area (Å²) in [5, 5.41) is 3.04. The second kappa shape index (κ2) is 5.42. The fraction of sp³-hybridized carbons (Fsp3) is 0.214. The molecular weight excluding hydrogens is 359 g/mol. The molecule has 23 heavy (non-hydrogen) atoms. The zero-order valence-corrected chi connectivity index (χ0v) is 13.0. The number of rotatable bonds is 1. The maximum absolute atomic E-state index is 14.3. The van der Waals surface area contributed by atoms with Gasteiger partial charge in [-0.3, -0.25) is 4.68 Å². The Bertz CT molecular complexity index is 827. The highest BCUT2D eigenvalue weighted by Gasteiger charge is 2.39. The molecule has 1 aromatic carbocycles. The van der Waals surface area contributed by atoms with Crippen LogP contribution in [0.5, 0.6) is 5.75 Å². The summed E-state index contributed by atoms with van der Waals surface area (Å²) in [4.78, 5) is 0. The lowest BCUT2D eigenvalue weighted by atomic mass is 10.0. The molecule has 0 spiro atoms. The van der Waals surface area contributed by atoms with Gasteiger partial charge in [0.25, 0.3) is 0 Å². The van der Waals surface area contributed by atoms with Crippen molar-refractivity contribution in [3.8, 4) is 17.0 Å². The number of aromatic nitrogens is 2. The van der Waals surface area contributed by atoms with Gasteiger partial charge in [-0.05, 0) is 12.1 Å². The Morgan fingerprint density at radius 2 is 2.00 bits per heavy atom. The van der Waals surface area contributed by atoms with Crippen molar-refractivity contribution in [1.29, 1.82) is 0 Å². The number of benzene rings is 1. The highest BCUT2D eigenvalue weighted by molar-refractivity contribution is 6.33. The predicted molar refractivity (Wildman–Crippen MR) is 77.9 cm³/mol. The minimum Gasteiger partial charge on any atom is -0.488 e. The summed E-state index contributed by atoms with van der Waals surface area (Å²) < 4.78 is 59.2. The van der Waals surface area contributed by atoms with Crippen LogP contribution in [0.1, 0.15) is 11.3 Å². The molecule has 122 valence electrons. The van der Waals surface area contributed by atoms with E-state index in [2.05, 4.69) is 5.10 Å². The Morgan fingerprint density at radius 1 is 1.30 bits per heavy atom. The molecule has 0 bridgehead atoms. The van der Waals surface area contributed by atoms with E-state index in [0.717, 1.165) is 13.1 Å². The molecule has 1 aromatic heterocycles. The van der Waals surface area contributed by atoms with Gasteiger partial charge in [-0.2, -0.15) is 18.3 Å². The zero-order chi connectivity index (χ0) is 16.9. The minimum atomic E-state index is -4.70. The molecule has 0 saturated heterocycles. The zero-order valence-electron chi connectivity index (χ0n) is 11.5. The van der Waals surface area contributed by atoms with Crippen LogP contribution in [0.2, 0.25) is 5.02 Å². The number of hydrogen-bond donors (Lipinski definition) is 0. The minimum absolute atomic E-state index is 0.158. The number of fused-ring (bicyclic) bond motifs is 1. The summed E-state index contributed by atoms with van der Waals surface area (Å²) >= 11 is 11.4. The van der Waals surface area contributed by atoms with E-state index in [1.807, 2.05) is 0 Å². The van der Waals surface area contributed by atoms with E-state index in [1.54, 1.807) is 0 Å². The quantitative estimate of drug-likeness (QED) is 0.673. The second-order valence-electron chi connectivity index (χ2n) is 4.88. The summed E-state index contributed by atoms with van der Waals surface area (Å²) in [6.45, 7) is 0.158. The summed E-state index contributed by atoms with van der Waals surface area (Å²) in [7, 11) is 1.09. The van der Waals surface area contributed by atoms with Gasteiger partial charge in [0.15, 0.2) is 5.69 Å². The Hall–Kier alpha value is -1.73. The second-order valence-corrected chi connectivity index (χ2v) is 5.48. The lowest BCUT2D eigenvalue weighted by Crippen LogP contribution is -2.12. The molecule has 1 aliphatic heterocycles. The fourth-order valence-corrected chi connectivity index (χ4v) is 2.96. The van der Waals surface area contributed by atoms with Crippen molar-refractivity contribution in [1.82, 2.24) is 9.78 Å². The van der Waals surface area contributed by atoms with Crippen LogP contribution in [-0.2, 0) is 13.2 Å². The molecule has 2 heterocycles. The van der Waals surface area contributed by atoms with Crippen LogP contribution in [0.15, 0.2) is 17.7 Å². The highest BCUT2D eigenvalue weighted by atomic mass is 35.5. The van der Waals surface area contributed by atoms with Crippen molar-refractivity contribution in [2.75, 3.05) is 6.61 Å². The molecule has 3 nitrogen and oxygen atoms in total. The molecule has 0 aliphatic carbocycles. The number of halogens is 6. The Kier molecular flexibility index (Phi) is 3.80. The van der Waals surface area contributed by atoms with E-state index >= 15 is 0 Å². The van der Waals surface area contributed by atoms with Gasteiger partial charge in [-0.25, -0.2) is 4.39 Å². The van der Waals surface area contributed by atoms with Gasteiger partial charge in [-0.15, -0.1) is 0 Å². The first-order valence-corrected chi connectivity index (χ1v) is 7.11. The molecule has 0 amide bonds.